The third kappa shape index (κ3) is 3.16. The second kappa shape index (κ2) is 6.33. The second-order valence-corrected chi connectivity index (χ2v) is 5.36. The van der Waals surface area contributed by atoms with Gasteiger partial charge in [-0.1, -0.05) is 12.1 Å². The minimum absolute atomic E-state index is 0.0655. The van der Waals surface area contributed by atoms with Gasteiger partial charge in [-0.25, -0.2) is 4.39 Å². The number of hydrogen-bond donors (Lipinski definition) is 2. The van der Waals surface area contributed by atoms with Gasteiger partial charge in [0.15, 0.2) is 0 Å². The van der Waals surface area contributed by atoms with Crippen molar-refractivity contribution in [2.24, 2.45) is 11.1 Å². The summed E-state index contributed by atoms with van der Waals surface area (Å²) in [5, 5.41) is 2.87. The van der Waals surface area contributed by atoms with Crippen molar-refractivity contribution >= 4 is 5.91 Å². The third-order valence-electron chi connectivity index (χ3n) is 4.01. The maximum atomic E-state index is 13.5. The lowest BCUT2D eigenvalue weighted by atomic mass is 9.79. The Morgan fingerprint density at radius 2 is 2.15 bits per heavy atom. The molecule has 0 radical (unpaired) electrons. The molecule has 1 amide bonds. The first-order valence-electron chi connectivity index (χ1n) is 6.88. The van der Waals surface area contributed by atoms with Crippen LogP contribution in [-0.2, 0) is 16.1 Å². The molecule has 1 aromatic rings. The Kier molecular flexibility index (Phi) is 4.73. The zero-order valence-electron chi connectivity index (χ0n) is 11.7. The Morgan fingerprint density at radius 3 is 2.75 bits per heavy atom. The van der Waals surface area contributed by atoms with Gasteiger partial charge >= 0.3 is 0 Å². The molecule has 0 bridgehead atoms. The summed E-state index contributed by atoms with van der Waals surface area (Å²) < 4.78 is 18.7. The van der Waals surface area contributed by atoms with Crippen molar-refractivity contribution in [3.05, 3.63) is 35.1 Å². The van der Waals surface area contributed by atoms with Crippen LogP contribution in [0.25, 0.3) is 0 Å². The van der Waals surface area contributed by atoms with Crippen LogP contribution in [0.2, 0.25) is 0 Å². The largest absolute Gasteiger partial charge is 0.381 e. The third-order valence-corrected chi connectivity index (χ3v) is 4.01. The summed E-state index contributed by atoms with van der Waals surface area (Å²) in [6, 6.07) is 4.98. The first-order valence-corrected chi connectivity index (χ1v) is 6.88. The van der Waals surface area contributed by atoms with Crippen LogP contribution in [0.4, 0.5) is 4.39 Å². The lowest BCUT2D eigenvalue weighted by molar-refractivity contribution is -0.136. The summed E-state index contributed by atoms with van der Waals surface area (Å²) in [7, 11) is 0. The summed E-state index contributed by atoms with van der Waals surface area (Å²) in [4.78, 5) is 12.3. The maximum absolute atomic E-state index is 13.5. The molecule has 0 saturated carbocycles. The highest BCUT2D eigenvalue weighted by atomic mass is 19.1. The van der Waals surface area contributed by atoms with Crippen molar-refractivity contribution in [3.63, 3.8) is 0 Å². The van der Waals surface area contributed by atoms with Gasteiger partial charge in [-0.2, -0.15) is 0 Å². The van der Waals surface area contributed by atoms with Crippen molar-refractivity contribution in [3.8, 4) is 0 Å². The van der Waals surface area contributed by atoms with Crippen LogP contribution in [-0.4, -0.2) is 25.7 Å². The van der Waals surface area contributed by atoms with Gasteiger partial charge in [-0.3, -0.25) is 4.79 Å². The molecule has 0 aliphatic carbocycles. The van der Waals surface area contributed by atoms with E-state index >= 15 is 0 Å². The number of carbonyl (C=O) groups is 1. The molecule has 1 heterocycles. The fourth-order valence-electron chi connectivity index (χ4n) is 2.40. The van der Waals surface area contributed by atoms with E-state index in [1.165, 1.54) is 6.07 Å². The number of amides is 1. The normalized spacial score (nSPS) is 17.8. The van der Waals surface area contributed by atoms with Crippen LogP contribution < -0.4 is 11.1 Å². The Morgan fingerprint density at radius 1 is 1.45 bits per heavy atom. The van der Waals surface area contributed by atoms with E-state index < -0.39 is 5.41 Å². The van der Waals surface area contributed by atoms with Crippen LogP contribution in [0.3, 0.4) is 0 Å². The topological polar surface area (TPSA) is 64.4 Å². The molecule has 4 nitrogen and oxygen atoms in total. The summed E-state index contributed by atoms with van der Waals surface area (Å²) in [6.07, 6.45) is 1.27. The molecule has 1 aliphatic heterocycles. The lowest BCUT2D eigenvalue weighted by Crippen LogP contribution is -2.48. The molecule has 0 atom stereocenters. The molecule has 20 heavy (non-hydrogen) atoms. The number of nitrogens with two attached hydrogens (primary N) is 1. The van der Waals surface area contributed by atoms with Gasteiger partial charge in [0.2, 0.25) is 5.91 Å². The van der Waals surface area contributed by atoms with Gasteiger partial charge in [0.1, 0.15) is 5.82 Å². The number of halogens is 1. The van der Waals surface area contributed by atoms with Crippen LogP contribution in [0.15, 0.2) is 18.2 Å². The zero-order chi connectivity index (χ0) is 14.6. The van der Waals surface area contributed by atoms with E-state index in [0.717, 1.165) is 5.56 Å². The van der Waals surface area contributed by atoms with Gasteiger partial charge in [0.25, 0.3) is 0 Å². The molecule has 0 spiro atoms. The number of aryl methyl sites for hydroxylation is 1. The summed E-state index contributed by atoms with van der Waals surface area (Å²) in [5.74, 6) is -0.319. The molecule has 5 heteroatoms. The SMILES string of the molecule is Cc1ccc(CNC(=O)C2(CN)CCOCC2)cc1F. The smallest absolute Gasteiger partial charge is 0.227 e. The van der Waals surface area contributed by atoms with Crippen molar-refractivity contribution in [2.45, 2.75) is 26.3 Å². The first-order chi connectivity index (χ1) is 9.57. The van der Waals surface area contributed by atoms with Crippen LogP contribution in [0.1, 0.15) is 24.0 Å². The Hall–Kier alpha value is -1.46. The average molecular weight is 280 g/mol. The van der Waals surface area contributed by atoms with Crippen molar-refractivity contribution in [1.82, 2.24) is 5.32 Å². The number of carbonyl (C=O) groups excluding carboxylic acids is 1. The van der Waals surface area contributed by atoms with E-state index in [2.05, 4.69) is 5.32 Å². The number of hydrogen-bond acceptors (Lipinski definition) is 3. The van der Waals surface area contributed by atoms with Crippen LogP contribution in [0, 0.1) is 18.2 Å². The molecular weight excluding hydrogens is 259 g/mol. The molecule has 110 valence electrons. The predicted molar refractivity (Wildman–Crippen MR) is 74.5 cm³/mol. The number of ether oxygens (including phenoxy) is 1. The molecule has 1 aromatic carbocycles. The van der Waals surface area contributed by atoms with Gasteiger partial charge in [0.05, 0.1) is 5.41 Å². The lowest BCUT2D eigenvalue weighted by Gasteiger charge is -2.34. The summed E-state index contributed by atoms with van der Waals surface area (Å²) in [5.41, 5.74) is 6.59. The van der Waals surface area contributed by atoms with E-state index in [1.54, 1.807) is 13.0 Å². The van der Waals surface area contributed by atoms with E-state index in [9.17, 15) is 9.18 Å². The molecule has 0 aromatic heterocycles. The second-order valence-electron chi connectivity index (χ2n) is 5.36. The molecule has 3 N–H and O–H groups in total. The summed E-state index contributed by atoms with van der Waals surface area (Å²) >= 11 is 0. The fraction of sp³-hybridized carbons (Fsp3) is 0.533. The van der Waals surface area contributed by atoms with Gasteiger partial charge in [-0.05, 0) is 37.0 Å². The molecule has 1 saturated heterocycles. The Bertz CT molecular complexity index is 485. The van der Waals surface area contributed by atoms with E-state index in [1.807, 2.05) is 6.07 Å². The zero-order valence-corrected chi connectivity index (χ0v) is 11.7. The standard InChI is InChI=1S/C15H21FN2O2/c1-11-2-3-12(8-13(11)16)9-18-14(19)15(10-17)4-6-20-7-5-15/h2-3,8H,4-7,9-10,17H2,1H3,(H,18,19). The van der Waals surface area contributed by atoms with Crippen molar-refractivity contribution < 1.29 is 13.9 Å². The first kappa shape index (κ1) is 14.9. The Balaban J connectivity index is 1.98. The fourth-order valence-corrected chi connectivity index (χ4v) is 2.40. The van der Waals surface area contributed by atoms with Crippen LogP contribution >= 0.6 is 0 Å². The monoisotopic (exact) mass is 280 g/mol. The maximum Gasteiger partial charge on any atom is 0.227 e. The molecule has 0 unspecified atom stereocenters. The van der Waals surface area contributed by atoms with E-state index in [4.69, 9.17) is 10.5 Å². The van der Waals surface area contributed by atoms with Gasteiger partial charge < -0.3 is 15.8 Å². The average Bonchev–Trinajstić information content (AvgIpc) is 2.48. The van der Waals surface area contributed by atoms with Gasteiger partial charge in [0, 0.05) is 26.3 Å². The van der Waals surface area contributed by atoms with E-state index in [-0.39, 0.29) is 11.7 Å². The minimum Gasteiger partial charge on any atom is -0.381 e. The quantitative estimate of drug-likeness (QED) is 0.878. The number of nitrogens with one attached hydrogen (secondary N) is 1. The summed E-state index contributed by atoms with van der Waals surface area (Å²) in [6.45, 7) is 3.46. The van der Waals surface area contributed by atoms with Crippen molar-refractivity contribution in [1.29, 1.82) is 0 Å². The van der Waals surface area contributed by atoms with Crippen LogP contribution in [0.5, 0.6) is 0 Å². The van der Waals surface area contributed by atoms with Crippen molar-refractivity contribution in [2.75, 3.05) is 19.8 Å². The molecule has 1 fully saturated rings. The minimum atomic E-state index is -0.540. The number of rotatable bonds is 4. The predicted octanol–water partition coefficient (Wildman–Crippen LogP) is 1.51. The van der Waals surface area contributed by atoms with Gasteiger partial charge in [-0.15, -0.1) is 0 Å². The van der Waals surface area contributed by atoms with E-state index in [0.29, 0.717) is 44.7 Å². The molecule has 1 aliphatic rings. The Labute approximate surface area is 118 Å². The highest BCUT2D eigenvalue weighted by Gasteiger charge is 2.38. The molecular formula is C15H21FN2O2. The highest BCUT2D eigenvalue weighted by molar-refractivity contribution is 5.83. The number of benzene rings is 1. The molecule has 2 rings (SSSR count). The highest BCUT2D eigenvalue weighted by Crippen LogP contribution is 2.29.